The van der Waals surface area contributed by atoms with Crippen LogP contribution in [-0.4, -0.2) is 29.2 Å². The number of nitriles is 1. The maximum Gasteiger partial charge on any atom is 0.389 e. The first-order valence-corrected chi connectivity index (χ1v) is 8.42. The molecule has 24 heavy (non-hydrogen) atoms. The van der Waals surface area contributed by atoms with E-state index in [4.69, 9.17) is 16.9 Å². The van der Waals surface area contributed by atoms with Crippen molar-refractivity contribution in [3.8, 4) is 6.07 Å². The highest BCUT2D eigenvalue weighted by Crippen LogP contribution is 2.29. The summed E-state index contributed by atoms with van der Waals surface area (Å²) in [5, 5.41) is 9.10. The Morgan fingerprint density at radius 2 is 1.83 bits per heavy atom. The number of aromatic nitrogens is 2. The summed E-state index contributed by atoms with van der Waals surface area (Å²) in [6, 6.07) is 2.23. The van der Waals surface area contributed by atoms with Gasteiger partial charge in [0.2, 0.25) is 0 Å². The molecule has 4 nitrogen and oxygen atoms in total. The smallest absolute Gasteiger partial charge is 0.354 e. The first-order chi connectivity index (χ1) is 11.3. The Bertz CT molecular complexity index is 576. The third-order valence-corrected chi connectivity index (χ3v) is 3.98. The number of nitrogens with zero attached hydrogens (tertiary/aromatic N) is 4. The molecular formula is C16H22ClF3N4. The number of rotatable bonds is 3. The summed E-state index contributed by atoms with van der Waals surface area (Å²) < 4.78 is 37.1. The number of aryl methyl sites for hydroxylation is 2. The lowest BCUT2D eigenvalue weighted by molar-refractivity contribution is -0.134. The fourth-order valence-corrected chi connectivity index (χ4v) is 2.72. The Hall–Kier alpha value is -1.55. The normalized spacial score (nSPS) is 15.5. The Morgan fingerprint density at radius 3 is 2.33 bits per heavy atom. The van der Waals surface area contributed by atoms with Gasteiger partial charge in [0.25, 0.3) is 0 Å². The van der Waals surface area contributed by atoms with Crippen LogP contribution in [0.1, 0.15) is 44.5 Å². The molecule has 8 heteroatoms. The van der Waals surface area contributed by atoms with Gasteiger partial charge in [-0.25, -0.2) is 9.97 Å². The maximum absolute atomic E-state index is 12.4. The molecule has 1 aliphatic rings. The number of halogens is 4. The van der Waals surface area contributed by atoms with Crippen molar-refractivity contribution in [3.05, 3.63) is 16.5 Å². The first kappa shape index (κ1) is 20.5. The predicted octanol–water partition coefficient (Wildman–Crippen LogP) is 4.70. The second-order valence-electron chi connectivity index (χ2n) is 5.38. The molecule has 0 atom stereocenters. The van der Waals surface area contributed by atoms with Crippen molar-refractivity contribution in [1.29, 1.82) is 5.26 Å². The molecule has 0 spiro atoms. The molecule has 1 fully saturated rings. The zero-order chi connectivity index (χ0) is 18.3. The number of anilines is 1. The fourth-order valence-electron chi connectivity index (χ4n) is 2.44. The van der Waals surface area contributed by atoms with E-state index in [0.29, 0.717) is 43.1 Å². The highest BCUT2D eigenvalue weighted by Gasteiger charge is 2.28. The summed E-state index contributed by atoms with van der Waals surface area (Å²) in [6.07, 6.45) is -3.97. The van der Waals surface area contributed by atoms with Crippen LogP contribution in [0.4, 0.5) is 19.0 Å². The van der Waals surface area contributed by atoms with Gasteiger partial charge in [-0.1, -0.05) is 25.4 Å². The van der Waals surface area contributed by atoms with Gasteiger partial charge in [-0.3, -0.25) is 0 Å². The van der Waals surface area contributed by atoms with E-state index in [1.54, 1.807) is 6.92 Å². The number of alkyl halides is 3. The van der Waals surface area contributed by atoms with Crippen LogP contribution in [0, 0.1) is 24.2 Å². The second-order valence-corrected chi connectivity index (χ2v) is 5.73. The van der Waals surface area contributed by atoms with Gasteiger partial charge in [0.1, 0.15) is 0 Å². The van der Waals surface area contributed by atoms with Crippen LogP contribution in [0.25, 0.3) is 0 Å². The number of piperidine rings is 1. The molecule has 0 N–H and O–H groups in total. The lowest BCUT2D eigenvalue weighted by atomic mass is 9.99. The quantitative estimate of drug-likeness (QED) is 0.782. The molecule has 2 rings (SSSR count). The zero-order valence-corrected chi connectivity index (χ0v) is 14.9. The largest absolute Gasteiger partial charge is 0.389 e. The standard InChI is InChI=1S/C14H16ClF3N4.C2H6/c1-9-11(2-5-14(16,17)18)21-13(12(15)20-9)22-6-3-10(8-19)4-7-22;1-2/h10H,2-7H2,1H3;1-2H3. The molecule has 1 saturated heterocycles. The molecule has 1 aromatic heterocycles. The van der Waals surface area contributed by atoms with Gasteiger partial charge >= 0.3 is 6.18 Å². The monoisotopic (exact) mass is 362 g/mol. The predicted molar refractivity (Wildman–Crippen MR) is 88.1 cm³/mol. The summed E-state index contributed by atoms with van der Waals surface area (Å²) in [4.78, 5) is 10.3. The van der Waals surface area contributed by atoms with E-state index >= 15 is 0 Å². The molecule has 0 radical (unpaired) electrons. The van der Waals surface area contributed by atoms with Gasteiger partial charge in [0, 0.05) is 31.8 Å². The second kappa shape index (κ2) is 9.07. The number of hydrogen-bond donors (Lipinski definition) is 0. The highest BCUT2D eigenvalue weighted by atomic mass is 35.5. The minimum absolute atomic E-state index is 0.0122. The molecule has 0 saturated carbocycles. The van der Waals surface area contributed by atoms with Crippen LogP contribution in [-0.2, 0) is 6.42 Å². The van der Waals surface area contributed by atoms with Crippen LogP contribution in [0.5, 0.6) is 0 Å². The Morgan fingerprint density at radius 1 is 1.25 bits per heavy atom. The zero-order valence-electron chi connectivity index (χ0n) is 14.1. The highest BCUT2D eigenvalue weighted by molar-refractivity contribution is 6.31. The summed E-state index contributed by atoms with van der Waals surface area (Å²) in [5.41, 5.74) is 0.740. The Balaban J connectivity index is 0.00000139. The van der Waals surface area contributed by atoms with E-state index in [9.17, 15) is 13.2 Å². The van der Waals surface area contributed by atoms with Crippen LogP contribution >= 0.6 is 11.6 Å². The van der Waals surface area contributed by atoms with E-state index in [1.807, 2.05) is 18.7 Å². The van der Waals surface area contributed by atoms with Crippen molar-refractivity contribution in [2.75, 3.05) is 18.0 Å². The molecule has 0 amide bonds. The van der Waals surface area contributed by atoms with Gasteiger partial charge in [0.15, 0.2) is 11.0 Å². The third kappa shape index (κ3) is 5.82. The van der Waals surface area contributed by atoms with E-state index in [-0.39, 0.29) is 17.5 Å². The molecular weight excluding hydrogens is 341 g/mol. The molecule has 0 bridgehead atoms. The Labute approximate surface area is 145 Å². The van der Waals surface area contributed by atoms with Crippen LogP contribution in [0.3, 0.4) is 0 Å². The van der Waals surface area contributed by atoms with Crippen molar-refractivity contribution >= 4 is 17.4 Å². The minimum atomic E-state index is -4.22. The lowest BCUT2D eigenvalue weighted by Gasteiger charge is -2.30. The fraction of sp³-hybridized carbons (Fsp3) is 0.688. The van der Waals surface area contributed by atoms with Gasteiger partial charge in [-0.15, -0.1) is 0 Å². The summed E-state index contributed by atoms with van der Waals surface area (Å²) in [5.74, 6) is 0.430. The van der Waals surface area contributed by atoms with E-state index in [1.165, 1.54) is 0 Å². The molecule has 2 heterocycles. The molecule has 1 aliphatic heterocycles. The Kier molecular flexibility index (Phi) is 7.74. The van der Waals surface area contributed by atoms with E-state index in [0.717, 1.165) is 0 Å². The maximum atomic E-state index is 12.4. The van der Waals surface area contributed by atoms with Crippen LogP contribution in [0.2, 0.25) is 5.15 Å². The van der Waals surface area contributed by atoms with E-state index in [2.05, 4.69) is 16.0 Å². The van der Waals surface area contributed by atoms with Crippen molar-refractivity contribution < 1.29 is 13.2 Å². The molecule has 0 unspecified atom stereocenters. The third-order valence-electron chi connectivity index (χ3n) is 3.73. The van der Waals surface area contributed by atoms with Crippen molar-refractivity contribution in [3.63, 3.8) is 0 Å². The summed E-state index contributed by atoms with van der Waals surface area (Å²) in [7, 11) is 0. The first-order valence-electron chi connectivity index (χ1n) is 8.04. The SMILES string of the molecule is CC.Cc1nc(Cl)c(N2CCC(C#N)CC2)nc1CCC(F)(F)F. The summed E-state index contributed by atoms with van der Waals surface area (Å²) in [6.45, 7) is 6.82. The van der Waals surface area contributed by atoms with Crippen molar-refractivity contribution in [2.45, 2.75) is 52.6 Å². The number of hydrogen-bond acceptors (Lipinski definition) is 4. The topological polar surface area (TPSA) is 52.8 Å². The van der Waals surface area contributed by atoms with Crippen molar-refractivity contribution in [2.24, 2.45) is 5.92 Å². The lowest BCUT2D eigenvalue weighted by Crippen LogP contribution is -2.34. The molecule has 134 valence electrons. The van der Waals surface area contributed by atoms with Gasteiger partial charge in [-0.2, -0.15) is 18.4 Å². The van der Waals surface area contributed by atoms with E-state index < -0.39 is 12.6 Å². The van der Waals surface area contributed by atoms with Crippen LogP contribution in [0.15, 0.2) is 0 Å². The molecule has 1 aromatic rings. The van der Waals surface area contributed by atoms with Crippen LogP contribution < -0.4 is 4.90 Å². The average molecular weight is 363 g/mol. The summed E-state index contributed by atoms with van der Waals surface area (Å²) >= 11 is 6.09. The van der Waals surface area contributed by atoms with Gasteiger partial charge in [0.05, 0.1) is 17.5 Å². The van der Waals surface area contributed by atoms with Crippen molar-refractivity contribution in [1.82, 2.24) is 9.97 Å². The average Bonchev–Trinajstić information content (AvgIpc) is 2.55. The minimum Gasteiger partial charge on any atom is -0.354 e. The molecule has 0 aliphatic carbocycles. The van der Waals surface area contributed by atoms with Gasteiger partial charge < -0.3 is 4.90 Å². The van der Waals surface area contributed by atoms with Gasteiger partial charge in [-0.05, 0) is 19.8 Å². The molecule has 0 aromatic carbocycles.